The summed E-state index contributed by atoms with van der Waals surface area (Å²) in [7, 11) is 0. The maximum absolute atomic E-state index is 4.82. The van der Waals surface area contributed by atoms with Gasteiger partial charge in [0.1, 0.15) is 12.0 Å². The van der Waals surface area contributed by atoms with Crippen LogP contribution in [0.1, 0.15) is 61.6 Å². The van der Waals surface area contributed by atoms with Crippen LogP contribution in [-0.4, -0.2) is 54.3 Å². The van der Waals surface area contributed by atoms with Crippen LogP contribution in [0.3, 0.4) is 0 Å². The summed E-state index contributed by atoms with van der Waals surface area (Å²) in [5.74, 6) is 0.897. The van der Waals surface area contributed by atoms with E-state index in [2.05, 4.69) is 53.8 Å². The molecule has 0 bridgehead atoms. The van der Waals surface area contributed by atoms with Crippen molar-refractivity contribution in [1.82, 2.24) is 34.7 Å². The molecule has 5 heterocycles. The van der Waals surface area contributed by atoms with Crippen LogP contribution >= 0.6 is 11.3 Å². The number of aryl methyl sites for hydroxylation is 1. The molecule has 31 heavy (non-hydrogen) atoms. The lowest BCUT2D eigenvalue weighted by atomic mass is 9.96. The van der Waals surface area contributed by atoms with Gasteiger partial charge in [-0.25, -0.2) is 14.5 Å². The van der Waals surface area contributed by atoms with E-state index in [4.69, 9.17) is 10.1 Å². The minimum atomic E-state index is 0.328. The Balaban J connectivity index is 1.50. The molecule has 0 unspecified atom stereocenters. The van der Waals surface area contributed by atoms with E-state index in [9.17, 15) is 0 Å². The van der Waals surface area contributed by atoms with Crippen LogP contribution in [0.5, 0.6) is 0 Å². The van der Waals surface area contributed by atoms with E-state index in [1.54, 1.807) is 6.33 Å². The molecule has 0 amide bonds. The molecule has 1 aliphatic rings. The molecule has 0 saturated carbocycles. The topological polar surface area (TPSA) is 75.0 Å². The fourth-order valence-corrected chi connectivity index (χ4v) is 5.72. The van der Waals surface area contributed by atoms with E-state index >= 15 is 0 Å². The molecule has 1 N–H and O–H groups in total. The zero-order valence-electron chi connectivity index (χ0n) is 18.6. The number of aromatic amines is 1. The molecular weight excluding hydrogens is 406 g/mol. The Morgan fingerprint density at radius 2 is 2.03 bits per heavy atom. The molecule has 0 spiro atoms. The maximum Gasteiger partial charge on any atom is 0.158 e. The van der Waals surface area contributed by atoms with Crippen LogP contribution in [0.25, 0.3) is 27.5 Å². The number of piperidine rings is 1. The number of pyridine rings is 1. The van der Waals surface area contributed by atoms with Crippen LogP contribution in [0.2, 0.25) is 0 Å². The zero-order chi connectivity index (χ0) is 21.5. The number of hydrogen-bond donors (Lipinski definition) is 1. The number of nitrogens with one attached hydrogen (secondary N) is 1. The predicted octanol–water partition coefficient (Wildman–Crippen LogP) is 4.87. The van der Waals surface area contributed by atoms with Crippen LogP contribution in [-0.2, 0) is 0 Å². The van der Waals surface area contributed by atoms with E-state index < -0.39 is 0 Å². The van der Waals surface area contributed by atoms with Gasteiger partial charge in [0, 0.05) is 29.4 Å². The molecule has 1 aliphatic heterocycles. The van der Waals surface area contributed by atoms with Crippen molar-refractivity contribution in [2.75, 3.05) is 19.6 Å². The number of rotatable bonds is 5. The third-order valence-electron chi connectivity index (χ3n) is 6.37. The van der Waals surface area contributed by atoms with Crippen molar-refractivity contribution in [3.8, 4) is 21.8 Å². The van der Waals surface area contributed by atoms with E-state index in [-0.39, 0.29) is 0 Å². The fraction of sp³-hybridized carbons (Fsp3) is 0.478. The Kier molecular flexibility index (Phi) is 5.35. The van der Waals surface area contributed by atoms with Crippen LogP contribution in [0.4, 0.5) is 0 Å². The van der Waals surface area contributed by atoms with Crippen molar-refractivity contribution in [1.29, 1.82) is 0 Å². The quantitative estimate of drug-likeness (QED) is 0.484. The second-order valence-electron chi connectivity index (χ2n) is 8.73. The lowest BCUT2D eigenvalue weighted by Gasteiger charge is -2.29. The van der Waals surface area contributed by atoms with Crippen LogP contribution in [0, 0.1) is 6.92 Å². The van der Waals surface area contributed by atoms with Crippen molar-refractivity contribution in [2.45, 2.75) is 52.4 Å². The average molecular weight is 436 g/mol. The monoisotopic (exact) mass is 435 g/mol. The van der Waals surface area contributed by atoms with Crippen molar-refractivity contribution >= 4 is 17.0 Å². The van der Waals surface area contributed by atoms with Gasteiger partial charge in [-0.05, 0) is 56.9 Å². The molecule has 0 radical (unpaired) electrons. The first-order valence-electron chi connectivity index (χ1n) is 11.1. The highest BCUT2D eigenvalue weighted by atomic mass is 32.1. The van der Waals surface area contributed by atoms with Gasteiger partial charge in [0.25, 0.3) is 0 Å². The first-order valence-corrected chi connectivity index (χ1v) is 11.9. The molecule has 0 aliphatic carbocycles. The summed E-state index contributed by atoms with van der Waals surface area (Å²) in [4.78, 5) is 12.8. The van der Waals surface area contributed by atoms with E-state index in [1.807, 2.05) is 28.2 Å². The summed E-state index contributed by atoms with van der Waals surface area (Å²) >= 11 is 1.81. The summed E-state index contributed by atoms with van der Waals surface area (Å²) in [6.07, 6.45) is 8.03. The fourth-order valence-electron chi connectivity index (χ4n) is 4.63. The molecular formula is C23H29N7S. The van der Waals surface area contributed by atoms with Crippen LogP contribution < -0.4 is 0 Å². The highest BCUT2D eigenvalue weighted by Crippen LogP contribution is 2.40. The maximum atomic E-state index is 4.82. The molecule has 8 heteroatoms. The van der Waals surface area contributed by atoms with Gasteiger partial charge in [-0.3, -0.25) is 5.10 Å². The number of hydrogen-bond acceptors (Lipinski definition) is 6. The first kappa shape index (κ1) is 20.3. The molecule has 162 valence electrons. The average Bonchev–Trinajstić information content (AvgIpc) is 3.51. The zero-order valence-corrected chi connectivity index (χ0v) is 19.4. The molecule has 4 aromatic heterocycles. The minimum Gasteiger partial charge on any atom is -0.304 e. The molecule has 5 rings (SSSR count). The highest BCUT2D eigenvalue weighted by Gasteiger charge is 2.25. The molecule has 1 fully saturated rings. The van der Waals surface area contributed by atoms with Gasteiger partial charge in [-0.2, -0.15) is 10.2 Å². The smallest absolute Gasteiger partial charge is 0.158 e. The summed E-state index contributed by atoms with van der Waals surface area (Å²) in [6.45, 7) is 12.2. The van der Waals surface area contributed by atoms with Crippen molar-refractivity contribution in [3.63, 3.8) is 0 Å². The SMILES string of the molecule is CCN1CCC(c2ncc(-c3n[nH]c(-c4cc(C)c5ncnn5c4)c3C(C)C)s2)CC1. The second kappa shape index (κ2) is 8.16. The lowest BCUT2D eigenvalue weighted by Crippen LogP contribution is -2.32. The van der Waals surface area contributed by atoms with Gasteiger partial charge in [-0.15, -0.1) is 11.3 Å². The van der Waals surface area contributed by atoms with Crippen LogP contribution in [0.15, 0.2) is 24.8 Å². The highest BCUT2D eigenvalue weighted by molar-refractivity contribution is 7.15. The number of thiazole rings is 1. The number of fused-ring (bicyclic) bond motifs is 1. The van der Waals surface area contributed by atoms with Gasteiger partial charge in [-0.1, -0.05) is 20.8 Å². The molecule has 0 atom stereocenters. The summed E-state index contributed by atoms with van der Waals surface area (Å²) in [5.41, 5.74) is 6.37. The van der Waals surface area contributed by atoms with E-state index in [0.29, 0.717) is 11.8 Å². The molecule has 1 saturated heterocycles. The summed E-state index contributed by atoms with van der Waals surface area (Å²) in [5, 5.41) is 13.7. The van der Waals surface area contributed by atoms with E-state index in [0.717, 1.165) is 39.6 Å². The summed E-state index contributed by atoms with van der Waals surface area (Å²) < 4.78 is 1.84. The largest absolute Gasteiger partial charge is 0.304 e. The molecule has 0 aromatic carbocycles. The Morgan fingerprint density at radius 3 is 2.77 bits per heavy atom. The number of H-pyrrole nitrogens is 1. The van der Waals surface area contributed by atoms with Gasteiger partial charge in [0.15, 0.2) is 5.65 Å². The molecule has 4 aromatic rings. The van der Waals surface area contributed by atoms with Gasteiger partial charge < -0.3 is 4.90 Å². The standard InChI is InChI=1S/C23H29N7S/c1-5-29-8-6-16(7-9-29)23-24-11-18(31-23)21-19(14(2)3)20(27-28-21)17-10-15(4)22-25-13-26-30(22)12-17/h10-14,16H,5-9H2,1-4H3,(H,27,28). The number of nitrogens with zero attached hydrogens (tertiary/aromatic N) is 6. The minimum absolute atomic E-state index is 0.328. The van der Waals surface area contributed by atoms with E-state index in [1.165, 1.54) is 36.5 Å². The third kappa shape index (κ3) is 3.68. The van der Waals surface area contributed by atoms with Gasteiger partial charge >= 0.3 is 0 Å². The van der Waals surface area contributed by atoms with Crippen molar-refractivity contribution in [3.05, 3.63) is 40.9 Å². The first-order chi connectivity index (χ1) is 15.0. The normalized spacial score (nSPS) is 16.0. The summed E-state index contributed by atoms with van der Waals surface area (Å²) in [6, 6.07) is 2.16. The Bertz CT molecular complexity index is 1190. The Labute approximate surface area is 186 Å². The van der Waals surface area contributed by atoms with Gasteiger partial charge in [0.05, 0.1) is 15.6 Å². The van der Waals surface area contributed by atoms with Gasteiger partial charge in [0.2, 0.25) is 0 Å². The third-order valence-corrected chi connectivity index (χ3v) is 7.54. The predicted molar refractivity (Wildman–Crippen MR) is 125 cm³/mol. The Hall–Kier alpha value is -2.58. The second-order valence-corrected chi connectivity index (χ2v) is 9.79. The molecule has 7 nitrogen and oxygen atoms in total. The van der Waals surface area contributed by atoms with Crippen molar-refractivity contribution < 1.29 is 0 Å². The number of aromatic nitrogens is 6. The number of likely N-dealkylation sites (tertiary alicyclic amines) is 1. The lowest BCUT2D eigenvalue weighted by molar-refractivity contribution is 0.222. The van der Waals surface area contributed by atoms with Crippen molar-refractivity contribution in [2.24, 2.45) is 0 Å². The Morgan fingerprint density at radius 1 is 1.23 bits per heavy atom.